The van der Waals surface area contributed by atoms with Crippen molar-refractivity contribution in [3.8, 4) is 39.9 Å². The van der Waals surface area contributed by atoms with Crippen LogP contribution in [0, 0.1) is 0 Å². The van der Waals surface area contributed by atoms with Gasteiger partial charge in [0, 0.05) is 60.8 Å². The van der Waals surface area contributed by atoms with Gasteiger partial charge in [-0.2, -0.15) is 0 Å². The number of rotatable bonds is 4. The van der Waals surface area contributed by atoms with Crippen LogP contribution in [0.5, 0.6) is 0 Å². The van der Waals surface area contributed by atoms with Crippen LogP contribution in [0.1, 0.15) is 0 Å². The van der Waals surface area contributed by atoms with Crippen molar-refractivity contribution in [3.63, 3.8) is 0 Å². The molecule has 0 amide bonds. The van der Waals surface area contributed by atoms with E-state index < -0.39 is 0 Å². The average molecular weight is 729 g/mol. The first-order valence-electron chi connectivity index (χ1n) is 19.1. The zero-order chi connectivity index (χ0) is 37.2. The maximum atomic E-state index is 6.72. The summed E-state index contributed by atoms with van der Waals surface area (Å²) >= 11 is 0. The van der Waals surface area contributed by atoms with E-state index in [1.807, 2.05) is 66.7 Å². The van der Waals surface area contributed by atoms with Gasteiger partial charge < -0.3 is 13.4 Å². The molecule has 4 aromatic heterocycles. The van der Waals surface area contributed by atoms with E-state index in [2.05, 4.69) is 108 Å². The van der Waals surface area contributed by atoms with E-state index in [1.165, 1.54) is 32.3 Å². The average Bonchev–Trinajstić information content (AvgIpc) is 3.95. The minimum Gasteiger partial charge on any atom is -0.456 e. The molecule has 0 atom stereocenters. The Balaban J connectivity index is 1.03. The molecule has 0 aliphatic rings. The molecular weight excluding hydrogens is 701 g/mol. The first-order chi connectivity index (χ1) is 28.2. The first-order valence-corrected chi connectivity index (χ1v) is 19.1. The van der Waals surface area contributed by atoms with Crippen LogP contribution in [0.25, 0.3) is 127 Å². The molecule has 0 bridgehead atoms. The maximum absolute atomic E-state index is 6.72. The van der Waals surface area contributed by atoms with Gasteiger partial charge in [0.25, 0.3) is 0 Å². The highest BCUT2D eigenvalue weighted by Crippen LogP contribution is 2.47. The number of hydrogen-bond acceptors (Lipinski definition) is 5. The fourth-order valence-electron chi connectivity index (χ4n) is 9.12. The summed E-state index contributed by atoms with van der Waals surface area (Å²) in [4.78, 5) is 14.8. The second-order valence-electron chi connectivity index (χ2n) is 14.7. The van der Waals surface area contributed by atoms with Crippen molar-refractivity contribution in [2.24, 2.45) is 0 Å². The fourth-order valence-corrected chi connectivity index (χ4v) is 9.12. The van der Waals surface area contributed by atoms with Gasteiger partial charge in [0.15, 0.2) is 17.5 Å². The van der Waals surface area contributed by atoms with E-state index in [0.29, 0.717) is 17.5 Å². The van der Waals surface area contributed by atoms with E-state index >= 15 is 0 Å². The Kier molecular flexibility index (Phi) is 6.07. The predicted molar refractivity (Wildman–Crippen MR) is 231 cm³/mol. The molecule has 0 N–H and O–H groups in total. The van der Waals surface area contributed by atoms with Crippen LogP contribution in [0.4, 0.5) is 0 Å². The lowest BCUT2D eigenvalue weighted by molar-refractivity contribution is 0.668. The fraction of sp³-hybridized carbons (Fsp3) is 0. The SMILES string of the molecule is c1ccc(-c2nc(-c3ccccc3)nc(-c3ccc4c(c3)oc3cc(-n5c6cccc7c8ccccc8c8cccc9oc%10ccc5c(c%10c98)c76)ccc34)n2)cc1. The third kappa shape index (κ3) is 4.32. The van der Waals surface area contributed by atoms with Crippen LogP contribution in [0.15, 0.2) is 179 Å². The lowest BCUT2D eigenvalue weighted by Crippen LogP contribution is -2.00. The van der Waals surface area contributed by atoms with Gasteiger partial charge in [0.1, 0.15) is 22.3 Å². The molecule has 0 saturated carbocycles. The predicted octanol–water partition coefficient (Wildman–Crippen LogP) is 13.5. The van der Waals surface area contributed by atoms with Gasteiger partial charge in [-0.15, -0.1) is 0 Å². The van der Waals surface area contributed by atoms with Crippen LogP contribution >= 0.6 is 0 Å². The van der Waals surface area contributed by atoms with Crippen molar-refractivity contribution in [1.29, 1.82) is 0 Å². The molecule has 13 rings (SSSR count). The zero-order valence-corrected chi connectivity index (χ0v) is 30.3. The molecule has 0 fully saturated rings. The van der Waals surface area contributed by atoms with Gasteiger partial charge in [-0.25, -0.2) is 15.0 Å². The van der Waals surface area contributed by atoms with Crippen LogP contribution in [0.2, 0.25) is 0 Å². The molecule has 0 radical (unpaired) electrons. The number of hydrogen-bond donors (Lipinski definition) is 0. The zero-order valence-electron chi connectivity index (χ0n) is 30.3. The highest BCUT2D eigenvalue weighted by atomic mass is 16.3. The first kappa shape index (κ1) is 30.5. The molecule has 13 aromatic rings. The lowest BCUT2D eigenvalue weighted by atomic mass is 9.95. The van der Waals surface area contributed by atoms with Crippen molar-refractivity contribution in [1.82, 2.24) is 19.5 Å². The highest BCUT2D eigenvalue weighted by molar-refractivity contribution is 6.38. The summed E-state index contributed by atoms with van der Waals surface area (Å²) in [5.41, 5.74) is 9.38. The molecule has 0 spiro atoms. The largest absolute Gasteiger partial charge is 0.456 e. The molecule has 0 saturated heterocycles. The van der Waals surface area contributed by atoms with Gasteiger partial charge >= 0.3 is 0 Å². The van der Waals surface area contributed by atoms with Crippen LogP contribution < -0.4 is 0 Å². The summed E-state index contributed by atoms with van der Waals surface area (Å²) < 4.78 is 15.7. The van der Waals surface area contributed by atoms with Crippen molar-refractivity contribution < 1.29 is 8.83 Å². The normalized spacial score (nSPS) is 12.2. The highest BCUT2D eigenvalue weighted by Gasteiger charge is 2.23. The Bertz CT molecular complexity index is 3690. The molecule has 6 nitrogen and oxygen atoms in total. The monoisotopic (exact) mass is 728 g/mol. The molecule has 0 aliphatic heterocycles. The van der Waals surface area contributed by atoms with Crippen LogP contribution in [-0.4, -0.2) is 19.5 Å². The third-order valence-corrected chi connectivity index (χ3v) is 11.6. The van der Waals surface area contributed by atoms with Gasteiger partial charge in [-0.3, -0.25) is 0 Å². The second-order valence-corrected chi connectivity index (χ2v) is 14.7. The summed E-state index contributed by atoms with van der Waals surface area (Å²) in [6.45, 7) is 0. The molecule has 6 heteroatoms. The molecule has 0 unspecified atom stereocenters. The molecule has 9 aromatic carbocycles. The summed E-state index contributed by atoms with van der Waals surface area (Å²) in [5, 5.41) is 11.7. The minimum atomic E-state index is 0.590. The Hall–Kier alpha value is -7.83. The van der Waals surface area contributed by atoms with E-state index in [1.54, 1.807) is 0 Å². The smallest absolute Gasteiger partial charge is 0.164 e. The number of benzene rings is 8. The number of fused-ring (bicyclic) bond motifs is 6. The van der Waals surface area contributed by atoms with E-state index in [4.69, 9.17) is 23.8 Å². The van der Waals surface area contributed by atoms with Crippen LogP contribution in [0.3, 0.4) is 0 Å². The molecule has 264 valence electrons. The van der Waals surface area contributed by atoms with Crippen LogP contribution in [-0.2, 0) is 0 Å². The Morgan fingerprint density at radius 1 is 0.316 bits per heavy atom. The maximum Gasteiger partial charge on any atom is 0.164 e. The van der Waals surface area contributed by atoms with Gasteiger partial charge in [-0.05, 0) is 70.1 Å². The summed E-state index contributed by atoms with van der Waals surface area (Å²) in [5.74, 6) is 1.84. The van der Waals surface area contributed by atoms with E-state index in [9.17, 15) is 0 Å². The third-order valence-electron chi connectivity index (χ3n) is 11.6. The molecular formula is C51H28N4O2. The summed E-state index contributed by atoms with van der Waals surface area (Å²) in [6, 6.07) is 59.0. The Morgan fingerprint density at radius 3 is 1.58 bits per heavy atom. The molecule has 0 aliphatic carbocycles. The quantitative estimate of drug-likeness (QED) is 0.180. The van der Waals surface area contributed by atoms with Crippen molar-refractivity contribution in [2.75, 3.05) is 0 Å². The van der Waals surface area contributed by atoms with Crippen molar-refractivity contribution in [2.45, 2.75) is 0 Å². The molecule has 4 heterocycles. The number of aromatic nitrogens is 4. The number of furan rings is 2. The summed E-state index contributed by atoms with van der Waals surface area (Å²) in [6.07, 6.45) is 0. The summed E-state index contributed by atoms with van der Waals surface area (Å²) in [7, 11) is 0. The van der Waals surface area contributed by atoms with Gasteiger partial charge in [0.05, 0.1) is 11.0 Å². The van der Waals surface area contributed by atoms with Crippen molar-refractivity contribution >= 4 is 87.2 Å². The van der Waals surface area contributed by atoms with Gasteiger partial charge in [-0.1, -0.05) is 115 Å². The lowest BCUT2D eigenvalue weighted by Gasteiger charge is -2.08. The topological polar surface area (TPSA) is 69.9 Å². The molecule has 57 heavy (non-hydrogen) atoms. The Morgan fingerprint density at radius 2 is 0.860 bits per heavy atom. The Labute approximate surface area is 324 Å². The van der Waals surface area contributed by atoms with Gasteiger partial charge in [0.2, 0.25) is 0 Å². The van der Waals surface area contributed by atoms with E-state index in [0.717, 1.165) is 77.3 Å². The second kappa shape index (κ2) is 11.4. The van der Waals surface area contributed by atoms with E-state index in [-0.39, 0.29) is 0 Å². The standard InChI is InChI=1S/C51H28N4O2/c1-3-11-29(12-4-1)49-52-50(30-13-5-2-6-14-30)54-51(53-49)31-21-23-35-36-24-22-32(28-44(36)57-43(35)27-31)55-39-19-9-17-37-33-15-7-8-16-34(33)38-18-10-20-41-46(38)48-42(56-41)26-25-40(55)47(48)45(37)39/h1-28H. The number of nitrogens with zero attached hydrogens (tertiary/aromatic N) is 4. The minimum absolute atomic E-state index is 0.590. The van der Waals surface area contributed by atoms with Crippen molar-refractivity contribution in [3.05, 3.63) is 170 Å².